The normalized spacial score (nSPS) is 11.3. The highest BCUT2D eigenvalue weighted by Gasteiger charge is 2.16. The number of fused-ring (bicyclic) bond motifs is 1. The monoisotopic (exact) mass is 470 g/mol. The summed E-state index contributed by atoms with van der Waals surface area (Å²) >= 11 is 12.3. The number of halogens is 2. The zero-order chi connectivity index (χ0) is 22.8. The van der Waals surface area contributed by atoms with E-state index in [1.54, 1.807) is 4.68 Å². The molecule has 4 aromatic rings. The molecule has 9 heteroatoms. The van der Waals surface area contributed by atoms with Crippen LogP contribution in [0.2, 0.25) is 10.2 Å². The van der Waals surface area contributed by atoms with E-state index in [0.29, 0.717) is 40.9 Å². The van der Waals surface area contributed by atoms with Crippen molar-refractivity contribution in [2.75, 3.05) is 6.54 Å². The van der Waals surface area contributed by atoms with Gasteiger partial charge in [-0.05, 0) is 39.3 Å². The Labute approximate surface area is 196 Å². The van der Waals surface area contributed by atoms with Crippen LogP contribution in [-0.4, -0.2) is 37.0 Å². The number of rotatable bonds is 7. The van der Waals surface area contributed by atoms with Crippen LogP contribution in [0.1, 0.15) is 35.1 Å². The second-order valence-electron chi connectivity index (χ2n) is 7.58. The molecular formula is C23H24Cl2N6O. The number of aromatic nitrogens is 5. The zero-order valence-corrected chi connectivity index (χ0v) is 19.7. The minimum absolute atomic E-state index is 0.147. The van der Waals surface area contributed by atoms with Crippen LogP contribution in [-0.2, 0) is 13.1 Å². The van der Waals surface area contributed by atoms with Crippen LogP contribution in [0, 0.1) is 13.8 Å². The molecule has 0 spiro atoms. The molecule has 32 heavy (non-hydrogen) atoms. The van der Waals surface area contributed by atoms with E-state index in [1.807, 2.05) is 62.0 Å². The van der Waals surface area contributed by atoms with Gasteiger partial charge in [0.1, 0.15) is 10.2 Å². The Hall–Kier alpha value is -2.90. The fourth-order valence-corrected chi connectivity index (χ4v) is 4.03. The molecule has 0 aliphatic rings. The van der Waals surface area contributed by atoms with Gasteiger partial charge in [-0.15, -0.1) is 0 Å². The first-order valence-electron chi connectivity index (χ1n) is 10.5. The highest BCUT2D eigenvalue weighted by Crippen LogP contribution is 2.27. The molecular weight excluding hydrogens is 447 g/mol. The maximum atomic E-state index is 13.1. The molecule has 0 saturated carbocycles. The van der Waals surface area contributed by atoms with Gasteiger partial charge in [-0.25, -0.2) is 4.98 Å². The van der Waals surface area contributed by atoms with Crippen LogP contribution in [0.15, 0.2) is 36.5 Å². The van der Waals surface area contributed by atoms with Gasteiger partial charge in [0.05, 0.1) is 28.2 Å². The van der Waals surface area contributed by atoms with E-state index in [-0.39, 0.29) is 5.91 Å². The van der Waals surface area contributed by atoms with E-state index in [1.165, 1.54) is 0 Å². The Balaban J connectivity index is 1.55. The standard InChI is InChI=1S/C23H24Cl2N6O/c1-4-30-13-18(14(2)28-30)20-12-17(16-8-5-6-9-19(16)27-20)23(32)26-10-7-11-31-22(25)21(24)15(3)29-31/h5-6,8-9,12-13H,4,7,10-11H2,1-3H3,(H,26,32). The number of benzene rings is 1. The number of pyridine rings is 1. The molecule has 0 aliphatic heterocycles. The van der Waals surface area contributed by atoms with E-state index in [9.17, 15) is 4.79 Å². The largest absolute Gasteiger partial charge is 0.352 e. The lowest BCUT2D eigenvalue weighted by atomic mass is 10.0. The van der Waals surface area contributed by atoms with Crippen molar-refractivity contribution >= 4 is 40.0 Å². The van der Waals surface area contributed by atoms with Crippen LogP contribution in [0.3, 0.4) is 0 Å². The van der Waals surface area contributed by atoms with Crippen LogP contribution >= 0.6 is 23.2 Å². The van der Waals surface area contributed by atoms with Gasteiger partial charge in [0.15, 0.2) is 0 Å². The molecule has 0 radical (unpaired) electrons. The molecule has 0 fully saturated rings. The summed E-state index contributed by atoms with van der Waals surface area (Å²) in [4.78, 5) is 17.9. The molecule has 1 amide bonds. The fourth-order valence-electron chi connectivity index (χ4n) is 3.64. The SMILES string of the molecule is CCn1cc(-c2cc(C(=O)NCCCn3nc(C)c(Cl)c3Cl)c3ccccc3n2)c(C)n1. The first-order valence-corrected chi connectivity index (χ1v) is 11.3. The third kappa shape index (κ3) is 4.36. The average molecular weight is 471 g/mol. The second kappa shape index (κ2) is 9.30. The van der Waals surface area contributed by atoms with E-state index < -0.39 is 0 Å². The lowest BCUT2D eigenvalue weighted by Gasteiger charge is -2.10. The third-order valence-electron chi connectivity index (χ3n) is 5.34. The molecule has 4 rings (SSSR count). The number of hydrogen-bond acceptors (Lipinski definition) is 4. The summed E-state index contributed by atoms with van der Waals surface area (Å²) in [6.07, 6.45) is 2.64. The summed E-state index contributed by atoms with van der Waals surface area (Å²) in [5.41, 5.74) is 4.59. The number of carbonyl (C=O) groups excluding carboxylic acids is 1. The van der Waals surface area contributed by atoms with E-state index in [2.05, 4.69) is 15.5 Å². The molecule has 3 heterocycles. The maximum absolute atomic E-state index is 13.1. The van der Waals surface area contributed by atoms with Crippen molar-refractivity contribution in [3.05, 3.63) is 63.7 Å². The molecule has 7 nitrogen and oxygen atoms in total. The van der Waals surface area contributed by atoms with Gasteiger partial charge in [0.2, 0.25) is 0 Å². The first kappa shape index (κ1) is 22.3. The Morgan fingerprint density at radius 3 is 2.59 bits per heavy atom. The lowest BCUT2D eigenvalue weighted by Crippen LogP contribution is -2.25. The lowest BCUT2D eigenvalue weighted by molar-refractivity contribution is 0.0954. The van der Waals surface area contributed by atoms with E-state index in [4.69, 9.17) is 28.2 Å². The van der Waals surface area contributed by atoms with Crippen LogP contribution < -0.4 is 5.32 Å². The Bertz CT molecular complexity index is 1290. The Morgan fingerprint density at radius 1 is 1.12 bits per heavy atom. The number of aryl methyl sites for hydroxylation is 4. The van der Waals surface area contributed by atoms with Gasteiger partial charge < -0.3 is 5.32 Å². The van der Waals surface area contributed by atoms with Gasteiger partial charge in [-0.2, -0.15) is 10.2 Å². The van der Waals surface area contributed by atoms with Crippen molar-refractivity contribution in [3.8, 4) is 11.3 Å². The van der Waals surface area contributed by atoms with Crippen molar-refractivity contribution in [3.63, 3.8) is 0 Å². The number of para-hydroxylation sites is 1. The average Bonchev–Trinajstić information content (AvgIpc) is 3.30. The molecule has 0 saturated heterocycles. The fraction of sp³-hybridized carbons (Fsp3) is 0.304. The summed E-state index contributed by atoms with van der Waals surface area (Å²) in [6, 6.07) is 9.50. The third-order valence-corrected chi connectivity index (χ3v) is 6.27. The molecule has 166 valence electrons. The Kier molecular flexibility index (Phi) is 6.48. The molecule has 0 bridgehead atoms. The highest BCUT2D eigenvalue weighted by atomic mass is 35.5. The van der Waals surface area contributed by atoms with Crippen LogP contribution in [0.25, 0.3) is 22.2 Å². The van der Waals surface area contributed by atoms with Crippen LogP contribution in [0.5, 0.6) is 0 Å². The van der Waals surface area contributed by atoms with Gasteiger partial charge >= 0.3 is 0 Å². The summed E-state index contributed by atoms with van der Waals surface area (Å²) in [7, 11) is 0. The number of nitrogens with zero attached hydrogens (tertiary/aromatic N) is 5. The molecule has 3 aromatic heterocycles. The van der Waals surface area contributed by atoms with Crippen molar-refractivity contribution in [1.82, 2.24) is 29.9 Å². The minimum atomic E-state index is -0.147. The highest BCUT2D eigenvalue weighted by molar-refractivity contribution is 6.41. The molecule has 0 unspecified atom stereocenters. The smallest absolute Gasteiger partial charge is 0.252 e. The van der Waals surface area contributed by atoms with E-state index >= 15 is 0 Å². The predicted octanol–water partition coefficient (Wildman–Crippen LogP) is 5.06. The summed E-state index contributed by atoms with van der Waals surface area (Å²) < 4.78 is 3.52. The van der Waals surface area contributed by atoms with Crippen molar-refractivity contribution in [2.45, 2.75) is 40.3 Å². The van der Waals surface area contributed by atoms with Crippen molar-refractivity contribution in [1.29, 1.82) is 0 Å². The first-order chi connectivity index (χ1) is 15.4. The van der Waals surface area contributed by atoms with Gasteiger partial charge in [0, 0.05) is 36.8 Å². The number of nitrogens with one attached hydrogen (secondary N) is 1. The number of hydrogen-bond donors (Lipinski definition) is 1. The number of carbonyl (C=O) groups is 1. The van der Waals surface area contributed by atoms with Gasteiger partial charge in [-0.3, -0.25) is 14.2 Å². The maximum Gasteiger partial charge on any atom is 0.252 e. The van der Waals surface area contributed by atoms with Gasteiger partial charge in [0.25, 0.3) is 5.91 Å². The topological polar surface area (TPSA) is 77.6 Å². The summed E-state index contributed by atoms with van der Waals surface area (Å²) in [5, 5.41) is 13.5. The van der Waals surface area contributed by atoms with Crippen LogP contribution in [0.4, 0.5) is 0 Å². The second-order valence-corrected chi connectivity index (χ2v) is 8.31. The van der Waals surface area contributed by atoms with Crippen molar-refractivity contribution in [2.24, 2.45) is 0 Å². The summed E-state index contributed by atoms with van der Waals surface area (Å²) in [5.74, 6) is -0.147. The minimum Gasteiger partial charge on any atom is -0.352 e. The van der Waals surface area contributed by atoms with Crippen molar-refractivity contribution < 1.29 is 4.79 Å². The zero-order valence-electron chi connectivity index (χ0n) is 18.2. The molecule has 0 atom stereocenters. The quantitative estimate of drug-likeness (QED) is 0.383. The van der Waals surface area contributed by atoms with Gasteiger partial charge in [-0.1, -0.05) is 41.4 Å². The Morgan fingerprint density at radius 2 is 1.91 bits per heavy atom. The van der Waals surface area contributed by atoms with E-state index in [0.717, 1.165) is 34.4 Å². The predicted molar refractivity (Wildman–Crippen MR) is 127 cm³/mol. The molecule has 1 N–H and O–H groups in total. The molecule has 0 aliphatic carbocycles. The number of amides is 1. The molecule has 1 aromatic carbocycles. The summed E-state index contributed by atoms with van der Waals surface area (Å²) in [6.45, 7) is 7.60.